The second kappa shape index (κ2) is 8.27. The normalized spacial score (nSPS) is 18.4. The number of fused-ring (bicyclic) bond motifs is 1. The maximum atomic E-state index is 12.3. The summed E-state index contributed by atoms with van der Waals surface area (Å²) in [6.07, 6.45) is 5.28. The van der Waals surface area contributed by atoms with E-state index < -0.39 is 5.97 Å². The minimum Gasteiger partial charge on any atom is -0.481 e. The number of carbonyl (C=O) groups excluding carboxylic acids is 1. The van der Waals surface area contributed by atoms with Crippen LogP contribution in [-0.2, 0) is 16.0 Å². The number of aromatic nitrogens is 3. The molecule has 2 aromatic heterocycles. The summed E-state index contributed by atoms with van der Waals surface area (Å²) in [6.45, 7) is 0. The summed E-state index contributed by atoms with van der Waals surface area (Å²) in [5.74, 6) is 0.396. The maximum Gasteiger partial charge on any atom is 0.311 e. The van der Waals surface area contributed by atoms with Crippen LogP contribution in [0.5, 0.6) is 5.75 Å². The molecule has 150 valence electrons. The molecule has 0 unspecified atom stereocenters. The van der Waals surface area contributed by atoms with Crippen LogP contribution in [0, 0.1) is 9.62 Å². The molecule has 1 aliphatic carbocycles. The van der Waals surface area contributed by atoms with Crippen LogP contribution in [-0.4, -0.2) is 31.4 Å². The van der Waals surface area contributed by atoms with Gasteiger partial charge >= 0.3 is 11.9 Å². The molecular weight excluding hydrogens is 509 g/mol. The molecule has 1 saturated carbocycles. The van der Waals surface area contributed by atoms with Crippen LogP contribution in [0.25, 0.3) is 5.52 Å². The van der Waals surface area contributed by atoms with Gasteiger partial charge in [0, 0.05) is 30.3 Å². The Bertz CT molecular complexity index is 1090. The Morgan fingerprint density at radius 2 is 2.07 bits per heavy atom. The van der Waals surface area contributed by atoms with Gasteiger partial charge in [0.2, 0.25) is 0 Å². The molecule has 1 aliphatic rings. The number of esters is 1. The zero-order valence-corrected chi connectivity index (χ0v) is 18.1. The summed E-state index contributed by atoms with van der Waals surface area (Å²) in [5, 5.41) is 9.41. The van der Waals surface area contributed by atoms with Gasteiger partial charge in [0.1, 0.15) is 20.8 Å². The first-order valence-corrected chi connectivity index (χ1v) is 10.6. The van der Waals surface area contributed by atoms with Crippen molar-refractivity contribution in [1.29, 1.82) is 0 Å². The van der Waals surface area contributed by atoms with Gasteiger partial charge in [-0.1, -0.05) is 29.8 Å². The van der Waals surface area contributed by atoms with E-state index >= 15 is 0 Å². The zero-order valence-electron chi connectivity index (χ0n) is 15.2. The smallest absolute Gasteiger partial charge is 0.311 e. The Labute approximate surface area is 185 Å². The molecule has 0 radical (unpaired) electrons. The summed E-state index contributed by atoms with van der Waals surface area (Å²) in [6, 6.07) is 6.72. The number of nitrogens with zero attached hydrogens (tertiary/aromatic N) is 3. The monoisotopic (exact) mass is 525 g/mol. The lowest BCUT2D eigenvalue weighted by molar-refractivity contribution is -0.138. The Morgan fingerprint density at radius 1 is 1.31 bits per heavy atom. The third-order valence-corrected chi connectivity index (χ3v) is 6.12. The summed E-state index contributed by atoms with van der Waals surface area (Å²) in [7, 11) is 0. The summed E-state index contributed by atoms with van der Waals surface area (Å²) in [4.78, 5) is 32.1. The van der Waals surface area contributed by atoms with E-state index in [4.69, 9.17) is 21.4 Å². The molecule has 0 saturated heterocycles. The number of carboxylic acids is 1. The van der Waals surface area contributed by atoms with Crippen LogP contribution in [0.2, 0.25) is 5.15 Å². The summed E-state index contributed by atoms with van der Waals surface area (Å²) < 4.78 is 8.22. The minimum atomic E-state index is -0.966. The lowest BCUT2D eigenvalue weighted by Crippen LogP contribution is -2.27. The standard InChI is InChI=1S/C20H17ClIN3O4/c21-18-17-19(22)24-20(25(17)6-5-23-18)13-7-11(8-13)9-16(28)29-14-4-2-1-3-12(14)10-15(26)27/h1-6,11,13H,7-10H2,(H,26,27). The van der Waals surface area contributed by atoms with Crippen molar-refractivity contribution in [3.8, 4) is 5.75 Å². The molecule has 3 aromatic rings. The molecule has 1 fully saturated rings. The highest BCUT2D eigenvalue weighted by molar-refractivity contribution is 14.1. The predicted molar refractivity (Wildman–Crippen MR) is 114 cm³/mol. The zero-order chi connectivity index (χ0) is 20.5. The van der Waals surface area contributed by atoms with Crippen LogP contribution in [0.15, 0.2) is 36.7 Å². The van der Waals surface area contributed by atoms with Crippen molar-refractivity contribution in [2.45, 2.75) is 31.6 Å². The van der Waals surface area contributed by atoms with E-state index in [0.29, 0.717) is 22.9 Å². The van der Waals surface area contributed by atoms with Gasteiger partial charge in [0.15, 0.2) is 5.15 Å². The number of rotatable bonds is 6. The maximum absolute atomic E-state index is 12.3. The van der Waals surface area contributed by atoms with Crippen molar-refractivity contribution in [3.63, 3.8) is 0 Å². The first-order chi connectivity index (χ1) is 13.9. The van der Waals surface area contributed by atoms with Crippen LogP contribution < -0.4 is 4.74 Å². The summed E-state index contributed by atoms with van der Waals surface area (Å²) >= 11 is 8.34. The lowest BCUT2D eigenvalue weighted by Gasteiger charge is -2.33. The largest absolute Gasteiger partial charge is 0.481 e. The Hall–Kier alpha value is -2.20. The molecule has 0 aliphatic heterocycles. The van der Waals surface area contributed by atoms with Gasteiger partial charge in [-0.25, -0.2) is 9.97 Å². The van der Waals surface area contributed by atoms with Gasteiger partial charge in [-0.05, 0) is 47.4 Å². The van der Waals surface area contributed by atoms with Crippen LogP contribution in [0.4, 0.5) is 0 Å². The van der Waals surface area contributed by atoms with E-state index in [2.05, 4.69) is 32.6 Å². The second-order valence-electron chi connectivity index (χ2n) is 7.09. The number of halogens is 2. The Kier molecular flexibility index (Phi) is 5.73. The number of imidazole rings is 1. The van der Waals surface area contributed by atoms with E-state index in [-0.39, 0.29) is 24.2 Å². The number of carboxylic acid groups (broad SMARTS) is 1. The molecule has 2 heterocycles. The van der Waals surface area contributed by atoms with Gasteiger partial charge in [-0.3, -0.25) is 14.0 Å². The third kappa shape index (κ3) is 4.23. The molecule has 1 N–H and O–H groups in total. The van der Waals surface area contributed by atoms with E-state index in [1.54, 1.807) is 30.5 Å². The quantitative estimate of drug-likeness (QED) is 0.296. The molecule has 4 rings (SSSR count). The Morgan fingerprint density at radius 3 is 2.83 bits per heavy atom. The average Bonchev–Trinajstić information content (AvgIpc) is 2.96. The van der Waals surface area contributed by atoms with Crippen molar-refractivity contribution in [1.82, 2.24) is 14.4 Å². The van der Waals surface area contributed by atoms with Crippen molar-refractivity contribution in [2.24, 2.45) is 5.92 Å². The van der Waals surface area contributed by atoms with Gasteiger partial charge in [-0.15, -0.1) is 0 Å². The van der Waals surface area contributed by atoms with Crippen LogP contribution in [0.1, 0.15) is 36.6 Å². The minimum absolute atomic E-state index is 0.183. The molecule has 0 atom stereocenters. The topological polar surface area (TPSA) is 93.8 Å². The fourth-order valence-electron chi connectivity index (χ4n) is 3.70. The number of hydrogen-bond acceptors (Lipinski definition) is 5. The van der Waals surface area contributed by atoms with Crippen molar-refractivity contribution < 1.29 is 19.4 Å². The molecule has 0 amide bonds. The van der Waals surface area contributed by atoms with Crippen molar-refractivity contribution in [2.75, 3.05) is 0 Å². The molecular formula is C20H17ClIN3O4. The van der Waals surface area contributed by atoms with E-state index in [1.807, 2.05) is 10.6 Å². The average molecular weight is 526 g/mol. The predicted octanol–water partition coefficient (Wildman–Crippen LogP) is 4.10. The summed E-state index contributed by atoms with van der Waals surface area (Å²) in [5.41, 5.74) is 1.30. The van der Waals surface area contributed by atoms with E-state index in [1.165, 1.54) is 0 Å². The number of carbonyl (C=O) groups is 2. The number of ether oxygens (including phenoxy) is 1. The molecule has 7 nitrogen and oxygen atoms in total. The first kappa shape index (κ1) is 20.1. The number of benzene rings is 1. The second-order valence-corrected chi connectivity index (χ2v) is 8.47. The van der Waals surface area contributed by atoms with Gasteiger partial charge in [-0.2, -0.15) is 0 Å². The van der Waals surface area contributed by atoms with Gasteiger partial charge in [0.25, 0.3) is 0 Å². The van der Waals surface area contributed by atoms with Crippen molar-refractivity contribution >= 4 is 51.6 Å². The van der Waals surface area contributed by atoms with Crippen molar-refractivity contribution in [3.05, 3.63) is 56.9 Å². The van der Waals surface area contributed by atoms with E-state index in [9.17, 15) is 9.59 Å². The number of aliphatic carboxylic acids is 1. The molecule has 0 bridgehead atoms. The van der Waals surface area contributed by atoms with E-state index in [0.717, 1.165) is 27.9 Å². The molecule has 9 heteroatoms. The third-order valence-electron chi connectivity index (χ3n) is 5.09. The highest BCUT2D eigenvalue weighted by Gasteiger charge is 2.35. The highest BCUT2D eigenvalue weighted by Crippen LogP contribution is 2.44. The first-order valence-electron chi connectivity index (χ1n) is 9.10. The van der Waals surface area contributed by atoms with Crippen LogP contribution in [0.3, 0.4) is 0 Å². The van der Waals surface area contributed by atoms with Gasteiger partial charge < -0.3 is 9.84 Å². The SMILES string of the molecule is O=C(O)Cc1ccccc1OC(=O)CC1CC(c2nc(I)c3c(Cl)nccn23)C1. The fourth-order valence-corrected chi connectivity index (χ4v) is 4.86. The number of hydrogen-bond donors (Lipinski definition) is 1. The lowest BCUT2D eigenvalue weighted by atomic mass is 9.73. The molecule has 1 aromatic carbocycles. The fraction of sp³-hybridized carbons (Fsp3) is 0.300. The Balaban J connectivity index is 1.38. The molecule has 29 heavy (non-hydrogen) atoms. The molecule has 0 spiro atoms. The van der Waals surface area contributed by atoms with Crippen LogP contribution >= 0.6 is 34.2 Å². The highest BCUT2D eigenvalue weighted by atomic mass is 127. The van der Waals surface area contributed by atoms with Gasteiger partial charge in [0.05, 0.1) is 6.42 Å². The number of para-hydroxylation sites is 1.